The van der Waals surface area contributed by atoms with Crippen LogP contribution in [0.15, 0.2) is 36.4 Å². The predicted octanol–water partition coefficient (Wildman–Crippen LogP) is 2.35. The van der Waals surface area contributed by atoms with Crippen LogP contribution in [-0.2, 0) is 22.7 Å². The first-order valence-corrected chi connectivity index (χ1v) is 10.4. The van der Waals surface area contributed by atoms with Crippen LogP contribution in [0.3, 0.4) is 0 Å². The van der Waals surface area contributed by atoms with Gasteiger partial charge in [-0.15, -0.1) is 0 Å². The van der Waals surface area contributed by atoms with Crippen LogP contribution in [0.5, 0.6) is 0 Å². The molecule has 1 atom stereocenters. The van der Waals surface area contributed by atoms with E-state index in [-0.39, 0.29) is 11.8 Å². The lowest BCUT2D eigenvalue weighted by Gasteiger charge is -2.32. The Morgan fingerprint density at radius 3 is 2.79 bits per heavy atom. The zero-order chi connectivity index (χ0) is 20.8. The van der Waals surface area contributed by atoms with Gasteiger partial charge in [0.05, 0.1) is 12.2 Å². The number of carbonyl (C=O) groups is 2. The number of fused-ring (bicyclic) bond motifs is 1. The number of carbonyl (C=O) groups excluding carboxylic acids is 2. The van der Waals surface area contributed by atoms with E-state index in [2.05, 4.69) is 46.5 Å². The second-order valence-electron chi connectivity index (χ2n) is 7.56. The Morgan fingerprint density at radius 2 is 2.07 bits per heavy atom. The molecule has 3 rings (SSSR count). The smallest absolute Gasteiger partial charge is 0.242 e. The molecule has 0 radical (unpaired) electrons. The van der Waals surface area contributed by atoms with E-state index in [4.69, 9.17) is 0 Å². The van der Waals surface area contributed by atoms with E-state index in [0.717, 1.165) is 31.7 Å². The fourth-order valence-electron chi connectivity index (χ4n) is 3.72. The van der Waals surface area contributed by atoms with Gasteiger partial charge in [-0.2, -0.15) is 5.10 Å². The molecule has 7 heteroatoms. The first kappa shape index (κ1) is 21.0. The highest BCUT2D eigenvalue weighted by atomic mass is 16.2. The van der Waals surface area contributed by atoms with Gasteiger partial charge in [0.2, 0.25) is 11.8 Å². The van der Waals surface area contributed by atoms with Gasteiger partial charge in [0.15, 0.2) is 0 Å². The highest BCUT2D eigenvalue weighted by Crippen LogP contribution is 2.24. The van der Waals surface area contributed by atoms with Gasteiger partial charge in [-0.3, -0.25) is 19.4 Å². The van der Waals surface area contributed by atoms with Crippen molar-refractivity contribution in [2.75, 3.05) is 24.5 Å². The molecule has 29 heavy (non-hydrogen) atoms. The monoisotopic (exact) mass is 397 g/mol. The van der Waals surface area contributed by atoms with Crippen molar-refractivity contribution in [1.82, 2.24) is 20.0 Å². The van der Waals surface area contributed by atoms with Gasteiger partial charge in [-0.25, -0.2) is 4.68 Å². The Bertz CT molecular complexity index is 833. The second-order valence-corrected chi connectivity index (χ2v) is 7.56. The predicted molar refractivity (Wildman–Crippen MR) is 114 cm³/mol. The third-order valence-corrected chi connectivity index (χ3v) is 5.35. The molecule has 2 aromatic rings. The lowest BCUT2D eigenvalue weighted by Crippen LogP contribution is -2.51. The summed E-state index contributed by atoms with van der Waals surface area (Å²) in [5.41, 5.74) is 2.15. The summed E-state index contributed by atoms with van der Waals surface area (Å²) in [6.45, 7) is 9.77. The first-order chi connectivity index (χ1) is 14.0. The lowest BCUT2D eigenvalue weighted by atomic mass is 10.2. The van der Waals surface area contributed by atoms with E-state index in [9.17, 15) is 9.59 Å². The summed E-state index contributed by atoms with van der Waals surface area (Å²) >= 11 is 0. The number of rotatable bonds is 9. The maximum Gasteiger partial charge on any atom is 0.242 e. The van der Waals surface area contributed by atoms with Crippen LogP contribution in [0.2, 0.25) is 0 Å². The Labute approximate surface area is 172 Å². The number of hydrogen-bond donors (Lipinski definition) is 1. The highest BCUT2D eigenvalue weighted by molar-refractivity contribution is 6.00. The van der Waals surface area contributed by atoms with Crippen LogP contribution in [-0.4, -0.2) is 52.2 Å². The minimum atomic E-state index is -0.552. The summed E-state index contributed by atoms with van der Waals surface area (Å²) < 4.78 is 1.81. The molecule has 0 fully saturated rings. The van der Waals surface area contributed by atoms with Crippen molar-refractivity contribution in [2.24, 2.45) is 0 Å². The Kier molecular flexibility index (Phi) is 7.04. The molecule has 2 heterocycles. The minimum Gasteiger partial charge on any atom is -0.354 e. The van der Waals surface area contributed by atoms with Crippen molar-refractivity contribution in [1.29, 1.82) is 0 Å². The summed E-state index contributed by atoms with van der Waals surface area (Å²) in [5.74, 6) is 0.554. The van der Waals surface area contributed by atoms with E-state index in [1.165, 1.54) is 5.56 Å². The van der Waals surface area contributed by atoms with Crippen LogP contribution in [0.1, 0.15) is 37.9 Å². The highest BCUT2D eigenvalue weighted by Gasteiger charge is 2.32. The molecule has 1 unspecified atom stereocenters. The molecular weight excluding hydrogens is 366 g/mol. The molecule has 2 amide bonds. The maximum atomic E-state index is 12.7. The Morgan fingerprint density at radius 1 is 1.31 bits per heavy atom. The Balaban J connectivity index is 1.48. The van der Waals surface area contributed by atoms with Gasteiger partial charge in [0, 0.05) is 32.1 Å². The van der Waals surface area contributed by atoms with Crippen LogP contribution >= 0.6 is 0 Å². The van der Waals surface area contributed by atoms with Crippen LogP contribution in [0.4, 0.5) is 5.82 Å². The van der Waals surface area contributed by atoms with E-state index in [1.807, 2.05) is 23.7 Å². The molecule has 1 aliphatic rings. The number of amides is 2. The van der Waals surface area contributed by atoms with E-state index >= 15 is 0 Å². The van der Waals surface area contributed by atoms with Crippen molar-refractivity contribution in [3.63, 3.8) is 0 Å². The third-order valence-electron chi connectivity index (χ3n) is 5.35. The van der Waals surface area contributed by atoms with Gasteiger partial charge in [-0.05, 0) is 32.4 Å². The quantitative estimate of drug-likeness (QED) is 0.660. The average Bonchev–Trinajstić information content (AvgIpc) is 3.10. The minimum absolute atomic E-state index is 0.0277. The SMILES string of the molecule is CCN(CCCNC(=O)C(C)N1C(=O)CCn2nc(C)cc21)Cc1ccccc1. The lowest BCUT2D eigenvalue weighted by molar-refractivity contribution is -0.126. The van der Waals surface area contributed by atoms with Crippen molar-refractivity contribution < 1.29 is 9.59 Å². The van der Waals surface area contributed by atoms with Crippen molar-refractivity contribution >= 4 is 17.6 Å². The fourth-order valence-corrected chi connectivity index (χ4v) is 3.72. The van der Waals surface area contributed by atoms with Crippen molar-refractivity contribution in [3.05, 3.63) is 47.7 Å². The number of hydrogen-bond acceptors (Lipinski definition) is 4. The summed E-state index contributed by atoms with van der Waals surface area (Å²) in [6, 6.07) is 11.7. The van der Waals surface area contributed by atoms with Gasteiger partial charge >= 0.3 is 0 Å². The van der Waals surface area contributed by atoms with Gasteiger partial charge in [0.1, 0.15) is 11.9 Å². The normalized spacial score (nSPS) is 14.8. The Hall–Kier alpha value is -2.67. The topological polar surface area (TPSA) is 70.5 Å². The summed E-state index contributed by atoms with van der Waals surface area (Å²) in [4.78, 5) is 29.0. The van der Waals surface area contributed by atoms with Gasteiger partial charge in [-0.1, -0.05) is 37.3 Å². The van der Waals surface area contributed by atoms with Crippen molar-refractivity contribution in [3.8, 4) is 0 Å². The number of nitrogens with one attached hydrogen (secondary N) is 1. The summed E-state index contributed by atoms with van der Waals surface area (Å²) in [5, 5.41) is 7.39. The van der Waals surface area contributed by atoms with E-state index in [1.54, 1.807) is 11.8 Å². The number of aryl methyl sites for hydroxylation is 2. The molecular formula is C22H31N5O2. The van der Waals surface area contributed by atoms with Gasteiger partial charge < -0.3 is 5.32 Å². The molecule has 7 nitrogen and oxygen atoms in total. The standard InChI is InChI=1S/C22H31N5O2/c1-4-25(16-19-9-6-5-7-10-19)13-8-12-23-22(29)18(3)27-20-15-17(2)24-26(20)14-11-21(27)28/h5-7,9-10,15,18H,4,8,11-14,16H2,1-3H3,(H,23,29). The van der Waals surface area contributed by atoms with E-state index in [0.29, 0.717) is 25.3 Å². The average molecular weight is 398 g/mol. The van der Waals surface area contributed by atoms with Gasteiger partial charge in [0.25, 0.3) is 0 Å². The number of benzene rings is 1. The number of nitrogens with zero attached hydrogens (tertiary/aromatic N) is 4. The molecule has 1 aromatic heterocycles. The molecule has 1 aromatic carbocycles. The zero-order valence-electron chi connectivity index (χ0n) is 17.6. The molecule has 0 saturated carbocycles. The maximum absolute atomic E-state index is 12.7. The largest absolute Gasteiger partial charge is 0.354 e. The van der Waals surface area contributed by atoms with Crippen molar-refractivity contribution in [2.45, 2.75) is 52.7 Å². The zero-order valence-corrected chi connectivity index (χ0v) is 17.6. The molecule has 0 spiro atoms. The molecule has 1 N–H and O–H groups in total. The first-order valence-electron chi connectivity index (χ1n) is 10.4. The molecule has 0 saturated heterocycles. The fraction of sp³-hybridized carbons (Fsp3) is 0.500. The molecule has 0 aliphatic carbocycles. The second kappa shape index (κ2) is 9.69. The van der Waals surface area contributed by atoms with Crippen LogP contribution in [0.25, 0.3) is 0 Å². The number of aromatic nitrogens is 2. The van der Waals surface area contributed by atoms with Crippen LogP contribution < -0.4 is 10.2 Å². The molecule has 1 aliphatic heterocycles. The molecule has 156 valence electrons. The summed E-state index contributed by atoms with van der Waals surface area (Å²) in [7, 11) is 0. The van der Waals surface area contributed by atoms with E-state index < -0.39 is 6.04 Å². The molecule has 0 bridgehead atoms. The summed E-state index contributed by atoms with van der Waals surface area (Å²) in [6.07, 6.45) is 1.24. The third kappa shape index (κ3) is 5.23. The van der Waals surface area contributed by atoms with Crippen LogP contribution in [0, 0.1) is 6.92 Å². The number of anilines is 1.